The highest BCUT2D eigenvalue weighted by Crippen LogP contribution is 2.34. The maximum atomic E-state index is 13.5. The van der Waals surface area contributed by atoms with Crippen molar-refractivity contribution in [1.29, 1.82) is 0 Å². The summed E-state index contributed by atoms with van der Waals surface area (Å²) in [5, 5.41) is 66.4. The molecule has 0 saturated carbocycles. The number of aliphatic hydroxyl groups excluding tert-OH is 5. The fourth-order valence-corrected chi connectivity index (χ4v) is 5.47. The van der Waals surface area contributed by atoms with Crippen molar-refractivity contribution < 1.29 is 64.0 Å². The average Bonchev–Trinajstić information content (AvgIpc) is 2.97. The van der Waals surface area contributed by atoms with Gasteiger partial charge in [-0.2, -0.15) is 0 Å². The molecule has 2 aliphatic rings. The van der Waals surface area contributed by atoms with Gasteiger partial charge in [0.15, 0.2) is 18.4 Å². The second-order valence-electron chi connectivity index (χ2n) is 10.3. The number of carbonyl (C=O) groups is 3. The third-order valence-corrected chi connectivity index (χ3v) is 7.61. The van der Waals surface area contributed by atoms with E-state index in [9.17, 15) is 45.0 Å². The molecule has 7 N–H and O–H groups in total. The van der Waals surface area contributed by atoms with E-state index >= 15 is 0 Å². The Kier molecular flexibility index (Phi) is 10.2. The number of fused-ring (bicyclic) bond motifs is 1. The van der Waals surface area contributed by atoms with Crippen LogP contribution < -0.4 is 5.32 Å². The van der Waals surface area contributed by atoms with Gasteiger partial charge in [-0.05, 0) is 22.9 Å². The zero-order valence-electron chi connectivity index (χ0n) is 22.9. The van der Waals surface area contributed by atoms with Crippen molar-refractivity contribution in [3.63, 3.8) is 0 Å². The largest absolute Gasteiger partial charge is 0.478 e. The fourth-order valence-electron chi connectivity index (χ4n) is 5.47. The van der Waals surface area contributed by atoms with Gasteiger partial charge in [-0.1, -0.05) is 24.3 Å². The number of carboxylic acid groups (broad SMARTS) is 1. The monoisotopic (exact) mass is 593 g/mol. The van der Waals surface area contributed by atoms with Crippen LogP contribution in [0.15, 0.2) is 36.4 Å². The van der Waals surface area contributed by atoms with Crippen LogP contribution in [0, 0.1) is 5.92 Å². The number of ketones is 1. The number of Topliss-reactive ketones (excluding diaryl/α,β-unsaturated/α-hetero) is 1. The maximum absolute atomic E-state index is 13.5. The Morgan fingerprint density at radius 3 is 2.02 bits per heavy atom. The highest BCUT2D eigenvalue weighted by molar-refractivity contribution is 6.09. The quantitative estimate of drug-likeness (QED) is 0.161. The van der Waals surface area contributed by atoms with Crippen molar-refractivity contribution in [1.82, 2.24) is 5.32 Å². The Morgan fingerprint density at radius 1 is 0.881 bits per heavy atom. The first kappa shape index (κ1) is 31.9. The molecule has 230 valence electrons. The maximum Gasteiger partial charge on any atom is 0.336 e. The molecule has 1 amide bonds. The Balaban J connectivity index is 1.60. The first-order valence-corrected chi connectivity index (χ1v) is 13.3. The molecule has 2 aromatic carbocycles. The number of rotatable bonds is 10. The summed E-state index contributed by atoms with van der Waals surface area (Å²) in [5.41, 5.74) is -0.392. The van der Waals surface area contributed by atoms with Crippen LogP contribution in [-0.4, -0.2) is 124 Å². The van der Waals surface area contributed by atoms with Gasteiger partial charge in [-0.25, -0.2) is 4.79 Å². The average molecular weight is 594 g/mol. The molecule has 2 fully saturated rings. The first-order chi connectivity index (χ1) is 20.0. The van der Waals surface area contributed by atoms with E-state index in [-0.39, 0.29) is 11.1 Å². The van der Waals surface area contributed by atoms with E-state index in [1.54, 1.807) is 24.3 Å². The number of nitrogens with one attached hydrogen (secondary N) is 1. The molecular formula is C28H35NO13. The number of carboxylic acids is 1. The molecular weight excluding hydrogens is 558 g/mol. The molecule has 4 unspecified atom stereocenters. The molecule has 0 aliphatic carbocycles. The van der Waals surface area contributed by atoms with Gasteiger partial charge in [-0.3, -0.25) is 9.59 Å². The van der Waals surface area contributed by atoms with Crippen LogP contribution in [-0.2, 0) is 23.7 Å². The summed E-state index contributed by atoms with van der Waals surface area (Å²) >= 11 is 0. The molecule has 2 saturated heterocycles. The smallest absolute Gasteiger partial charge is 0.336 e. The van der Waals surface area contributed by atoms with Crippen molar-refractivity contribution in [3.05, 3.63) is 47.5 Å². The second kappa shape index (κ2) is 13.5. The van der Waals surface area contributed by atoms with Crippen LogP contribution in [0.2, 0.25) is 0 Å². The van der Waals surface area contributed by atoms with Gasteiger partial charge in [0.05, 0.1) is 24.9 Å². The lowest BCUT2D eigenvalue weighted by Gasteiger charge is -2.47. The van der Waals surface area contributed by atoms with E-state index in [1.807, 2.05) is 0 Å². The van der Waals surface area contributed by atoms with Gasteiger partial charge in [0.2, 0.25) is 5.91 Å². The van der Waals surface area contributed by atoms with Crippen molar-refractivity contribution in [2.45, 2.75) is 68.6 Å². The summed E-state index contributed by atoms with van der Waals surface area (Å²) in [7, 11) is 1.27. The number of aromatic carboxylic acids is 1. The molecule has 0 radical (unpaired) electrons. The van der Waals surface area contributed by atoms with Crippen molar-refractivity contribution >= 4 is 28.4 Å². The summed E-state index contributed by atoms with van der Waals surface area (Å²) < 4.78 is 22.2. The van der Waals surface area contributed by atoms with Crippen LogP contribution in [0.1, 0.15) is 34.1 Å². The molecule has 14 heteroatoms. The van der Waals surface area contributed by atoms with E-state index in [2.05, 4.69) is 5.32 Å². The normalized spacial score (nSPS) is 33.3. The number of benzene rings is 2. The van der Waals surface area contributed by atoms with Gasteiger partial charge in [0, 0.05) is 31.9 Å². The van der Waals surface area contributed by atoms with Crippen LogP contribution in [0.3, 0.4) is 0 Å². The number of ether oxygens (including phenoxy) is 4. The number of aliphatic hydroxyl groups is 5. The zero-order chi connectivity index (χ0) is 30.7. The molecule has 0 spiro atoms. The molecule has 2 aliphatic heterocycles. The van der Waals surface area contributed by atoms with Gasteiger partial charge >= 0.3 is 5.97 Å². The van der Waals surface area contributed by atoms with E-state index < -0.39 is 98.5 Å². The predicted molar refractivity (Wildman–Crippen MR) is 142 cm³/mol. The lowest BCUT2D eigenvalue weighted by molar-refractivity contribution is -0.341. The van der Waals surface area contributed by atoms with Gasteiger partial charge in [0.25, 0.3) is 0 Å². The summed E-state index contributed by atoms with van der Waals surface area (Å²) in [6.45, 7) is -0.186. The standard InChI is InChI=1S/C28H35NO13/c1-12(32)29-21-24(36)25(20(11-31)41-27(21)39-2)42-28-23(35)17(22(34)19(10-30)40-28)9-18(33)15-7-13-5-3-4-6-14(13)8-16(15)26(37)38/h3-8,17,19-25,27-28,30-31,34-36H,9-11H2,1-2H3,(H,29,32)(H,37,38)/t17-,19?,20?,21?,22+,23?,24+,25+,27+,28-/m0/s1. The van der Waals surface area contributed by atoms with Crippen LogP contribution in [0.5, 0.6) is 0 Å². The van der Waals surface area contributed by atoms with E-state index in [1.165, 1.54) is 26.2 Å². The summed E-state index contributed by atoms with van der Waals surface area (Å²) in [6, 6.07) is 8.51. The summed E-state index contributed by atoms with van der Waals surface area (Å²) in [4.78, 5) is 37.2. The Labute approximate surface area is 240 Å². The number of hydrogen-bond acceptors (Lipinski definition) is 12. The molecule has 4 rings (SSSR count). The number of amides is 1. The topological polar surface area (TPSA) is 222 Å². The van der Waals surface area contributed by atoms with Crippen molar-refractivity contribution in [2.75, 3.05) is 20.3 Å². The molecule has 42 heavy (non-hydrogen) atoms. The van der Waals surface area contributed by atoms with Gasteiger partial charge < -0.3 is 54.9 Å². The molecule has 2 heterocycles. The Morgan fingerprint density at radius 2 is 1.48 bits per heavy atom. The summed E-state index contributed by atoms with van der Waals surface area (Å²) in [5.74, 6) is -3.84. The first-order valence-electron chi connectivity index (χ1n) is 13.3. The van der Waals surface area contributed by atoms with Crippen LogP contribution >= 0.6 is 0 Å². The Hall–Kier alpha value is -3.05. The van der Waals surface area contributed by atoms with Crippen molar-refractivity contribution in [3.8, 4) is 0 Å². The van der Waals surface area contributed by atoms with Gasteiger partial charge in [0.1, 0.15) is 36.6 Å². The third kappa shape index (κ3) is 6.46. The van der Waals surface area contributed by atoms with Gasteiger partial charge in [-0.15, -0.1) is 0 Å². The molecule has 10 atom stereocenters. The third-order valence-electron chi connectivity index (χ3n) is 7.61. The second-order valence-corrected chi connectivity index (χ2v) is 10.3. The minimum Gasteiger partial charge on any atom is -0.478 e. The van der Waals surface area contributed by atoms with E-state index in [0.717, 1.165) is 0 Å². The lowest BCUT2D eigenvalue weighted by atomic mass is 9.83. The Bertz CT molecular complexity index is 1290. The molecule has 0 bridgehead atoms. The molecule has 2 aromatic rings. The number of hydrogen-bond donors (Lipinski definition) is 7. The highest BCUT2D eigenvalue weighted by Gasteiger charge is 2.51. The highest BCUT2D eigenvalue weighted by atomic mass is 16.7. The number of methoxy groups -OCH3 is 1. The zero-order valence-corrected chi connectivity index (χ0v) is 22.9. The lowest BCUT2D eigenvalue weighted by Crippen LogP contribution is -2.67. The summed E-state index contributed by atoms with van der Waals surface area (Å²) in [6.07, 6.45) is -12.1. The molecule has 14 nitrogen and oxygen atoms in total. The number of carbonyl (C=O) groups excluding carboxylic acids is 2. The minimum absolute atomic E-state index is 0.134. The van der Waals surface area contributed by atoms with Crippen LogP contribution in [0.4, 0.5) is 0 Å². The SMILES string of the molecule is CO[C@@H]1OC(CO)[C@@H](O[C@@H]2OC(CO)[C@H](O)[C@H](CC(=O)c3cc4ccccc4cc3C(=O)O)C2O)[C@H](O)C1NC(C)=O. The van der Waals surface area contributed by atoms with E-state index in [0.29, 0.717) is 10.8 Å². The minimum atomic E-state index is -1.72. The van der Waals surface area contributed by atoms with Crippen LogP contribution in [0.25, 0.3) is 10.8 Å². The molecule has 0 aromatic heterocycles. The van der Waals surface area contributed by atoms with E-state index in [4.69, 9.17) is 18.9 Å². The predicted octanol–water partition coefficient (Wildman–Crippen LogP) is -1.22. The van der Waals surface area contributed by atoms with Crippen molar-refractivity contribution in [2.24, 2.45) is 5.92 Å². The fraction of sp³-hybridized carbons (Fsp3) is 0.536.